The van der Waals surface area contributed by atoms with E-state index in [0.29, 0.717) is 33.0 Å². The number of aliphatic hydroxyl groups excluding tert-OH is 4. The van der Waals surface area contributed by atoms with Crippen LogP contribution in [0.2, 0.25) is 0 Å². The van der Waals surface area contributed by atoms with Gasteiger partial charge in [0, 0.05) is 91.6 Å². The maximum atomic E-state index is 12.0. The van der Waals surface area contributed by atoms with E-state index in [1.54, 1.807) is 96.7 Å². The number of carbonyl (C=O) groups is 7. The van der Waals surface area contributed by atoms with E-state index in [9.17, 15) is 71.7 Å². The fourth-order valence-corrected chi connectivity index (χ4v) is 22.5. The molecule has 56 heteroatoms. The molecule has 0 aliphatic carbocycles. The topological polar surface area (TPSA) is 620 Å². The zero-order valence-electron chi connectivity index (χ0n) is 92.9. The van der Waals surface area contributed by atoms with Crippen molar-refractivity contribution < 1.29 is 242 Å². The molecule has 0 radical (unpaired) electrons. The summed E-state index contributed by atoms with van der Waals surface area (Å²) in [7, 11) is -13.8. The number of carboxylic acid groups (broad SMARTS) is 1. The van der Waals surface area contributed by atoms with E-state index >= 15 is 0 Å². The highest BCUT2D eigenvalue weighted by Crippen LogP contribution is 2.52. The van der Waals surface area contributed by atoms with Crippen LogP contribution in [0.3, 0.4) is 0 Å². The summed E-state index contributed by atoms with van der Waals surface area (Å²) >= 11 is 0. The van der Waals surface area contributed by atoms with E-state index in [4.69, 9.17) is 170 Å². The number of aliphatic carboxylic acids is 1. The van der Waals surface area contributed by atoms with Gasteiger partial charge in [-0.2, -0.15) is 0 Å². The highest BCUT2D eigenvalue weighted by Gasteiger charge is 2.61. The zero-order valence-corrected chi connectivity index (χ0v) is 97.4. The Morgan fingerprint density at radius 2 is 0.613 bits per heavy atom. The van der Waals surface area contributed by atoms with Crippen LogP contribution in [0.25, 0.3) is 0 Å². The average molecular weight is 2270 g/mol. The van der Waals surface area contributed by atoms with Gasteiger partial charge in [-0.3, -0.25) is 51.6 Å². The summed E-state index contributed by atoms with van der Waals surface area (Å²) < 4.78 is 241. The van der Waals surface area contributed by atoms with Crippen molar-refractivity contribution in [1.82, 2.24) is 0 Å². The van der Waals surface area contributed by atoms with Gasteiger partial charge in [0.2, 0.25) is 55.7 Å². The normalized spacial score (nSPS) is 38.6. The van der Waals surface area contributed by atoms with Gasteiger partial charge in [-0.1, -0.05) is 55.4 Å². The molecule has 14 aliphatic heterocycles. The lowest BCUT2D eigenvalue weighted by molar-refractivity contribution is -0.257. The molecule has 5 N–H and O–H groups in total. The molecule has 51 nitrogen and oxygen atoms in total. The number of hydrogen-bond donors (Lipinski definition) is 5. The maximum Gasteiger partial charge on any atom is 0.335 e. The minimum Gasteiger partial charge on any atom is -0.479 e. The number of hydrogen-bond acceptors (Lipinski definition) is 50. The highest BCUT2D eigenvalue weighted by molar-refractivity contribution is 7.59. The molecule has 0 aromatic rings. The van der Waals surface area contributed by atoms with Crippen LogP contribution in [0.1, 0.15) is 214 Å². The van der Waals surface area contributed by atoms with Crippen molar-refractivity contribution in [3.8, 4) is 0 Å². The molecule has 14 rings (SSSR count). The minimum absolute atomic E-state index is 0.0133. The van der Waals surface area contributed by atoms with Gasteiger partial charge < -0.3 is 186 Å². The van der Waals surface area contributed by atoms with Crippen molar-refractivity contribution in [1.29, 1.82) is 0 Å². The third-order valence-corrected chi connectivity index (χ3v) is 31.4. The largest absolute Gasteiger partial charge is 0.479 e. The molecule has 14 fully saturated rings. The lowest BCUT2D eigenvalue weighted by atomic mass is 9.99. The molecule has 876 valence electrons. The first-order valence-corrected chi connectivity index (χ1v) is 61.5. The fourth-order valence-electron chi connectivity index (χ4n) is 17.3. The summed E-state index contributed by atoms with van der Waals surface area (Å²) in [5.74, 6) is -7.47. The van der Waals surface area contributed by atoms with Crippen LogP contribution in [0, 0.1) is 41.4 Å². The lowest BCUT2D eigenvalue weighted by Crippen LogP contribution is -2.38. The molecule has 0 bridgehead atoms. The van der Waals surface area contributed by atoms with Gasteiger partial charge in [-0.05, 0) is 124 Å². The van der Waals surface area contributed by atoms with Crippen LogP contribution >= 0.6 is 36.8 Å². The van der Waals surface area contributed by atoms with Gasteiger partial charge in [-0.25, -0.2) is 4.79 Å². The number of esters is 5. The van der Waals surface area contributed by atoms with Crippen LogP contribution in [0.15, 0.2) is 0 Å². The Morgan fingerprint density at radius 1 is 0.313 bits per heavy atom. The summed E-state index contributed by atoms with van der Waals surface area (Å²) in [5.41, 5.74) is 0. The van der Waals surface area contributed by atoms with Gasteiger partial charge in [0.05, 0.1) is 81.8 Å². The highest BCUT2D eigenvalue weighted by atomic mass is 31.2. The van der Waals surface area contributed by atoms with Crippen molar-refractivity contribution in [2.45, 2.75) is 416 Å². The molecule has 0 spiro atoms. The standard InChI is InChI=1S/C13H23O8P.C12H23O6P.C11H21O7P.C11H18O5.C10H21O5P.C10H19O5P.C10H16O5.C9H16O4.C8H12O6/c1-6-18-22(5,16)7-17-12-8(2)11(19-9(3)14)13(21-12)20-10(4)15;1-6-15-19(5,13)7-14-10-8(2)9-11(16-10)18-12(3,4)17-9;1-5-15-19(4,13)6-14-9-7(12)8-10(16-9)18-11(2,3)17-8;1-5-9-6(2)10(14-7(3)12)11(16-9)15-8(4)13;2*1-5-14-16(4,12)6-13-10-7(2)9(11)8(3)15-10;1-5-7-9(15-10(3,4)14-7)13-8(5)12-6(2)11;1-5-6(4-10)11-8-7(5)12-9(2,3)13-8;1-8(2)13-5-3(9)4(6(10)11)12-7(5)14-8/h8,11-13H,6-7H2,1-5H3;8-11H,6-7H2,1-5H3;7-10,12H,5-6H2,1-4H3;6,9-11H,5H2,1-4H3;7-11H,5-6H2,1-4H3;7-8,10H,5-6H2,1-4H3;5,7-9H,1-4H3;5-8,10H,4H2,1-3H3;3-5,7,9H,1-2H3,(H,10,11)/t8-,11?,12+,13-,22?;8-,9?,10+,11+,19?;7-,8?,9+,10+,19?;6-,9+,10?,11+;7-,8+,9?,10+,16?;7-,8+,10+,16?;5-,7?,8+,9+;5-,6+,7?,8-;3-,4-,5?,7-/m111011100/s1. The Morgan fingerprint density at radius 3 is 0.933 bits per heavy atom. The van der Waals surface area contributed by atoms with Crippen LogP contribution in [-0.4, -0.2) is 374 Å². The Bertz CT molecular complexity index is 4440. The fraction of sp³-hybridized carbons (Fsp3) is 0.926. The smallest absolute Gasteiger partial charge is 0.335 e. The molecule has 0 aromatic heterocycles. The van der Waals surface area contributed by atoms with E-state index in [-0.39, 0.29) is 129 Å². The van der Waals surface area contributed by atoms with Gasteiger partial charge in [0.1, 0.15) is 80.6 Å². The number of carboxylic acids is 1. The summed E-state index contributed by atoms with van der Waals surface area (Å²) in [6, 6.07) is 0. The number of Topliss-reactive ketones (excluding diaryl/α,β-unsaturated/α-hetero) is 1. The first-order chi connectivity index (χ1) is 69.2. The van der Waals surface area contributed by atoms with E-state index in [0.717, 1.165) is 6.42 Å². The van der Waals surface area contributed by atoms with Crippen molar-refractivity contribution in [2.75, 3.05) is 105 Å². The quantitative estimate of drug-likeness (QED) is 0.0231. The van der Waals surface area contributed by atoms with Crippen molar-refractivity contribution >= 4 is 78.4 Å². The summed E-state index contributed by atoms with van der Waals surface area (Å²) in [6.45, 7) is 61.3. The van der Waals surface area contributed by atoms with Crippen molar-refractivity contribution in [3.05, 3.63) is 0 Å². The number of fused-ring (bicyclic) bond motifs is 5. The molecule has 0 aromatic carbocycles. The molecular weight excluding hydrogens is 2100 g/mol. The zero-order chi connectivity index (χ0) is 114. The number of aliphatic hydroxyl groups is 4. The SMILES string of the molecule is CC(=O)O[C@H]1O[C@H]2OC(C)(C)OC2[C@H]1C.CC1(C)OC2[C@@H](O[C@H](C(=O)O)[C@@H]2O)O1.CCOP(C)(=O)CO[C@H]1O[C@@H](C)C(=O)[C@H]1C.CCOP(C)(=O)CO[C@H]1O[C@@H](C)C(O)[C@H]1C.CCOP(C)(=O)CO[C@H]1O[C@@H](OC(C)=O)C(OC(C)=O)[C@H]1C.CCOP(C)(=O)CO[C@H]1O[C@H]2OC(C)(C)OC2[C@H]1C.CCOP(C)(=O)CO[C@H]1O[C@H]2OC(C)(C)OC2[C@H]1O.CC[C@H]1O[C@@H](OC(C)=O)C(OC(C)=O)[C@H]1C.C[C@@H]1C2OC(C)(C)O[C@@H]2O[C@@H]1CO. The number of rotatable bonds is 33. The second-order valence-corrected chi connectivity index (χ2v) is 53.4. The lowest BCUT2D eigenvalue weighted by Gasteiger charge is -2.24. The Hall–Kier alpha value is -3.68. The monoisotopic (exact) mass is 2270 g/mol. The van der Waals surface area contributed by atoms with Crippen LogP contribution in [-0.2, 0) is 216 Å². The predicted molar refractivity (Wildman–Crippen MR) is 524 cm³/mol. The average Bonchev–Trinajstić information content (AvgIpc) is 1.65. The van der Waals surface area contributed by atoms with Gasteiger partial charge in [0.25, 0.3) is 0 Å². The predicted octanol–water partition coefficient (Wildman–Crippen LogP) is 10.8. The second kappa shape index (κ2) is 58.1. The maximum absolute atomic E-state index is 12.0. The van der Waals surface area contributed by atoms with E-state index in [1.807, 2.05) is 83.1 Å². The molecular formula is C94H169O51P5. The molecule has 14 heterocycles. The summed E-state index contributed by atoms with van der Waals surface area (Å²) in [6.07, 6.45) is -15.5. The number of ketones is 1. The third-order valence-electron chi connectivity index (χ3n) is 24.3. The molecule has 14 aliphatic rings. The second-order valence-electron chi connectivity index (χ2n) is 40.7. The first-order valence-electron chi connectivity index (χ1n) is 50.2. The summed E-state index contributed by atoms with van der Waals surface area (Å²) in [5, 5.41) is 46.9. The molecule has 150 heavy (non-hydrogen) atoms. The van der Waals surface area contributed by atoms with Gasteiger partial charge in [0.15, 0.2) is 116 Å². The third kappa shape index (κ3) is 41.2. The first kappa shape index (κ1) is 135. The molecule has 0 amide bonds. The molecule has 13 unspecified atom stereocenters. The number of carbonyl (C=O) groups excluding carboxylic acids is 6. The van der Waals surface area contributed by atoms with Gasteiger partial charge in [-0.15, -0.1) is 0 Å². The van der Waals surface area contributed by atoms with E-state index in [2.05, 4.69) is 0 Å². The Kier molecular flexibility index (Phi) is 52.2. The minimum atomic E-state index is -2.88. The van der Waals surface area contributed by atoms with Crippen molar-refractivity contribution in [3.63, 3.8) is 0 Å². The van der Waals surface area contributed by atoms with Gasteiger partial charge >= 0.3 is 35.8 Å². The van der Waals surface area contributed by atoms with Crippen LogP contribution < -0.4 is 0 Å². The van der Waals surface area contributed by atoms with Crippen molar-refractivity contribution in [2.24, 2.45) is 41.4 Å². The van der Waals surface area contributed by atoms with Crippen LogP contribution in [0.4, 0.5) is 0 Å². The van der Waals surface area contributed by atoms with E-state index < -0.39 is 232 Å². The van der Waals surface area contributed by atoms with Crippen LogP contribution in [0.5, 0.6) is 0 Å². The summed E-state index contributed by atoms with van der Waals surface area (Å²) in [4.78, 5) is 77.0. The molecule has 0 saturated carbocycles. The Balaban J connectivity index is 0.000000258. The molecule has 14 saturated heterocycles. The Labute approximate surface area is 878 Å². The molecule has 40 atom stereocenters. The van der Waals surface area contributed by atoms with E-state index in [1.165, 1.54) is 61.3 Å². The number of ether oxygens (including phenoxy) is 29.